The predicted molar refractivity (Wildman–Crippen MR) is 105 cm³/mol. The summed E-state index contributed by atoms with van der Waals surface area (Å²) in [6.45, 7) is 0.352. The van der Waals surface area contributed by atoms with Crippen molar-refractivity contribution >= 4 is 16.1 Å². The molecule has 5 nitrogen and oxygen atoms in total. The lowest BCUT2D eigenvalue weighted by Crippen LogP contribution is -2.28. The SMILES string of the molecule is COc1cccc(CN(Cc2ccco2)S(=O)(=O)C=Cc2ccccc2)c1. The van der Waals surface area contributed by atoms with Gasteiger partial charge in [0.1, 0.15) is 11.5 Å². The molecule has 0 aliphatic heterocycles. The molecule has 0 N–H and O–H groups in total. The number of hydrogen-bond donors (Lipinski definition) is 0. The van der Waals surface area contributed by atoms with Crippen molar-refractivity contribution in [1.29, 1.82) is 0 Å². The van der Waals surface area contributed by atoms with Crippen molar-refractivity contribution in [3.8, 4) is 5.75 Å². The average molecular weight is 383 g/mol. The van der Waals surface area contributed by atoms with Crippen molar-refractivity contribution in [2.75, 3.05) is 7.11 Å². The number of ether oxygens (including phenoxy) is 1. The number of benzene rings is 2. The molecule has 1 aromatic heterocycles. The van der Waals surface area contributed by atoms with Gasteiger partial charge in [0.2, 0.25) is 10.0 Å². The van der Waals surface area contributed by atoms with Crippen LogP contribution in [-0.2, 0) is 23.1 Å². The summed E-state index contributed by atoms with van der Waals surface area (Å²) in [5.41, 5.74) is 1.65. The largest absolute Gasteiger partial charge is 0.497 e. The Balaban J connectivity index is 1.87. The maximum atomic E-state index is 13.0. The standard InChI is InChI=1S/C21H21NO4S/c1-25-20-10-5-9-19(15-20)16-22(17-21-11-6-13-26-21)27(23,24)14-12-18-7-3-2-4-8-18/h2-15H,16-17H2,1H3. The maximum Gasteiger partial charge on any atom is 0.236 e. The van der Waals surface area contributed by atoms with E-state index in [0.29, 0.717) is 11.5 Å². The minimum absolute atomic E-state index is 0.145. The minimum atomic E-state index is -3.66. The lowest BCUT2D eigenvalue weighted by molar-refractivity contribution is 0.361. The van der Waals surface area contributed by atoms with Gasteiger partial charge >= 0.3 is 0 Å². The van der Waals surface area contributed by atoms with E-state index in [0.717, 1.165) is 11.1 Å². The third-order valence-corrected chi connectivity index (χ3v) is 5.46. The molecule has 3 rings (SSSR count). The Morgan fingerprint density at radius 2 is 1.81 bits per heavy atom. The summed E-state index contributed by atoms with van der Waals surface area (Å²) in [7, 11) is -2.08. The molecule has 0 aliphatic carbocycles. The van der Waals surface area contributed by atoms with Gasteiger partial charge in [0, 0.05) is 12.0 Å². The molecule has 0 bridgehead atoms. The van der Waals surface area contributed by atoms with Crippen LogP contribution >= 0.6 is 0 Å². The molecule has 0 fully saturated rings. The summed E-state index contributed by atoms with van der Waals surface area (Å²) in [5, 5.41) is 1.23. The van der Waals surface area contributed by atoms with Gasteiger partial charge in [-0.15, -0.1) is 0 Å². The Morgan fingerprint density at radius 1 is 1.00 bits per heavy atom. The summed E-state index contributed by atoms with van der Waals surface area (Å²) in [6, 6.07) is 20.2. The number of sulfonamides is 1. The van der Waals surface area contributed by atoms with E-state index in [1.54, 1.807) is 25.3 Å². The number of methoxy groups -OCH3 is 1. The normalized spacial score (nSPS) is 11.9. The minimum Gasteiger partial charge on any atom is -0.497 e. The molecule has 140 valence electrons. The predicted octanol–water partition coefficient (Wildman–Crippen LogP) is 4.29. The highest BCUT2D eigenvalue weighted by molar-refractivity contribution is 7.92. The van der Waals surface area contributed by atoms with Crippen LogP contribution in [0.15, 0.2) is 82.8 Å². The lowest BCUT2D eigenvalue weighted by atomic mass is 10.2. The number of hydrogen-bond acceptors (Lipinski definition) is 4. The second kappa shape index (κ2) is 8.70. The monoisotopic (exact) mass is 383 g/mol. The topological polar surface area (TPSA) is 59.8 Å². The molecule has 0 atom stereocenters. The molecule has 0 unspecified atom stereocenters. The van der Waals surface area contributed by atoms with Crippen LogP contribution < -0.4 is 4.74 Å². The third-order valence-electron chi connectivity index (χ3n) is 4.00. The zero-order valence-corrected chi connectivity index (χ0v) is 15.8. The van der Waals surface area contributed by atoms with E-state index in [-0.39, 0.29) is 13.1 Å². The lowest BCUT2D eigenvalue weighted by Gasteiger charge is -2.19. The third kappa shape index (κ3) is 5.32. The van der Waals surface area contributed by atoms with Crippen LogP contribution in [0, 0.1) is 0 Å². The van der Waals surface area contributed by atoms with Gasteiger partial charge in [-0.2, -0.15) is 4.31 Å². The Bertz CT molecular complexity index is 980. The molecule has 27 heavy (non-hydrogen) atoms. The molecule has 0 aliphatic rings. The Morgan fingerprint density at radius 3 is 2.52 bits per heavy atom. The van der Waals surface area contributed by atoms with E-state index < -0.39 is 10.0 Å². The molecule has 1 heterocycles. The molecular weight excluding hydrogens is 362 g/mol. The van der Waals surface area contributed by atoms with Gasteiger partial charge in [-0.1, -0.05) is 42.5 Å². The van der Waals surface area contributed by atoms with Crippen LogP contribution in [0.3, 0.4) is 0 Å². The highest BCUT2D eigenvalue weighted by Crippen LogP contribution is 2.20. The fourth-order valence-corrected chi connectivity index (χ4v) is 3.74. The van der Waals surface area contributed by atoms with Gasteiger partial charge in [0.15, 0.2) is 0 Å². The van der Waals surface area contributed by atoms with Crippen LogP contribution in [0.5, 0.6) is 5.75 Å². The quantitative estimate of drug-likeness (QED) is 0.582. The highest BCUT2D eigenvalue weighted by atomic mass is 32.2. The molecule has 0 spiro atoms. The van der Waals surface area contributed by atoms with Crippen LogP contribution in [0.25, 0.3) is 6.08 Å². The molecular formula is C21H21NO4S. The van der Waals surface area contributed by atoms with Gasteiger partial charge in [0.25, 0.3) is 0 Å². The van der Waals surface area contributed by atoms with Gasteiger partial charge in [-0.25, -0.2) is 8.42 Å². The number of nitrogens with zero attached hydrogens (tertiary/aromatic N) is 1. The number of rotatable bonds is 8. The van der Waals surface area contributed by atoms with E-state index in [4.69, 9.17) is 9.15 Å². The van der Waals surface area contributed by atoms with Crippen molar-refractivity contribution < 1.29 is 17.6 Å². The first-order chi connectivity index (χ1) is 13.1. The Labute approximate surface area is 159 Å². The average Bonchev–Trinajstić information content (AvgIpc) is 3.20. The summed E-state index contributed by atoms with van der Waals surface area (Å²) < 4.78 is 37.9. The van der Waals surface area contributed by atoms with E-state index >= 15 is 0 Å². The zero-order chi connectivity index (χ0) is 19.1. The highest BCUT2D eigenvalue weighted by Gasteiger charge is 2.21. The van der Waals surface area contributed by atoms with E-state index in [2.05, 4.69) is 0 Å². The second-order valence-corrected chi connectivity index (χ2v) is 7.78. The van der Waals surface area contributed by atoms with E-state index in [1.807, 2.05) is 54.6 Å². The Kier molecular flexibility index (Phi) is 6.11. The van der Waals surface area contributed by atoms with Gasteiger partial charge in [-0.3, -0.25) is 0 Å². The molecule has 6 heteroatoms. The van der Waals surface area contributed by atoms with Crippen molar-refractivity contribution in [1.82, 2.24) is 4.31 Å². The second-order valence-electron chi connectivity index (χ2n) is 5.96. The van der Waals surface area contributed by atoms with E-state index in [1.165, 1.54) is 16.0 Å². The fraction of sp³-hybridized carbons (Fsp3) is 0.143. The van der Waals surface area contributed by atoms with Crippen LogP contribution in [0.1, 0.15) is 16.9 Å². The molecule has 3 aromatic rings. The van der Waals surface area contributed by atoms with Gasteiger partial charge in [0.05, 0.1) is 19.9 Å². The van der Waals surface area contributed by atoms with E-state index in [9.17, 15) is 8.42 Å². The molecule has 2 aromatic carbocycles. The van der Waals surface area contributed by atoms with Crippen molar-refractivity contribution in [2.24, 2.45) is 0 Å². The number of furan rings is 1. The molecule has 0 radical (unpaired) electrons. The maximum absolute atomic E-state index is 13.0. The molecule has 0 saturated carbocycles. The zero-order valence-electron chi connectivity index (χ0n) is 15.0. The van der Waals surface area contributed by atoms with Crippen molar-refractivity contribution in [3.05, 3.63) is 95.3 Å². The molecule has 0 amide bonds. The van der Waals surface area contributed by atoms with Gasteiger partial charge < -0.3 is 9.15 Å². The first-order valence-electron chi connectivity index (χ1n) is 8.45. The van der Waals surface area contributed by atoms with Crippen molar-refractivity contribution in [2.45, 2.75) is 13.1 Å². The first-order valence-corrected chi connectivity index (χ1v) is 9.96. The van der Waals surface area contributed by atoms with Crippen LogP contribution in [0.4, 0.5) is 0 Å². The van der Waals surface area contributed by atoms with Crippen LogP contribution in [0.2, 0.25) is 0 Å². The summed E-state index contributed by atoms with van der Waals surface area (Å²) in [4.78, 5) is 0. The fourth-order valence-electron chi connectivity index (χ4n) is 2.60. The Hall–Kier alpha value is -2.83. The summed E-state index contributed by atoms with van der Waals surface area (Å²) in [6.07, 6.45) is 3.13. The summed E-state index contributed by atoms with van der Waals surface area (Å²) >= 11 is 0. The smallest absolute Gasteiger partial charge is 0.236 e. The summed E-state index contributed by atoms with van der Waals surface area (Å²) in [5.74, 6) is 1.26. The van der Waals surface area contributed by atoms with Crippen LogP contribution in [-0.4, -0.2) is 19.8 Å². The molecule has 0 saturated heterocycles. The van der Waals surface area contributed by atoms with Crippen molar-refractivity contribution in [3.63, 3.8) is 0 Å². The first kappa shape index (κ1) is 18.9. The van der Waals surface area contributed by atoms with Gasteiger partial charge in [-0.05, 0) is 41.5 Å².